The van der Waals surface area contributed by atoms with E-state index >= 15 is 0 Å². The van der Waals surface area contributed by atoms with Gasteiger partial charge in [0, 0.05) is 12.1 Å². The maximum absolute atomic E-state index is 10.4. The molecule has 1 rings (SSSR count). The molecule has 1 heterocycles. The number of aromatic nitrogens is 1. The number of nitrogens with one attached hydrogen (secondary N) is 1. The van der Waals surface area contributed by atoms with Crippen LogP contribution in [0.15, 0.2) is 16.9 Å². The molecule has 0 amide bonds. The zero-order valence-corrected chi connectivity index (χ0v) is 4.90. The molecule has 0 fully saturated rings. The number of rotatable bonds is 0. The first-order valence-corrected chi connectivity index (χ1v) is 2.51. The van der Waals surface area contributed by atoms with Crippen LogP contribution in [0.5, 0.6) is 5.88 Å². The van der Waals surface area contributed by atoms with Crippen molar-refractivity contribution in [3.05, 3.63) is 27.5 Å². The molecule has 50 valence electrons. The smallest absolute Gasteiger partial charge is 0.444 e. The van der Waals surface area contributed by atoms with Gasteiger partial charge < -0.3 is 5.11 Å². The van der Waals surface area contributed by atoms with Crippen molar-refractivity contribution >= 4 is 5.69 Å². The summed E-state index contributed by atoms with van der Waals surface area (Å²) in [7, 11) is 0. The molecule has 0 unspecified atom stereocenters. The van der Waals surface area contributed by atoms with Gasteiger partial charge in [0.1, 0.15) is 0 Å². The summed E-state index contributed by atoms with van der Waals surface area (Å²) in [6.07, 6.45) is 0. The summed E-state index contributed by atoms with van der Waals surface area (Å²) in [5.41, 5.74) is -0.496. The fourth-order valence-electron chi connectivity index (χ4n) is 0.537. The van der Waals surface area contributed by atoms with Crippen molar-refractivity contribution in [3.8, 4) is 5.88 Å². The normalized spacial score (nSPS) is 8.70. The fourth-order valence-corrected chi connectivity index (χ4v) is 0.537. The highest BCUT2D eigenvalue weighted by Gasteiger charge is 2.11. The lowest BCUT2D eigenvalue weighted by Crippen LogP contribution is -2.00. The molecular formula is C5H4N3O2+. The van der Waals surface area contributed by atoms with E-state index in [9.17, 15) is 4.79 Å². The molecule has 0 bridgehead atoms. The van der Waals surface area contributed by atoms with Gasteiger partial charge in [-0.25, -0.2) is 0 Å². The van der Waals surface area contributed by atoms with Gasteiger partial charge in [0.15, 0.2) is 4.98 Å². The SMILES string of the molecule is N#[N+]c1ccc(=O)[nH]c1O. The minimum Gasteiger partial charge on any atom is -0.489 e. The third kappa shape index (κ3) is 0.951. The van der Waals surface area contributed by atoms with E-state index in [-0.39, 0.29) is 5.69 Å². The number of pyridine rings is 1. The largest absolute Gasteiger partial charge is 0.489 e. The number of nitrogens with zero attached hydrogens (tertiary/aromatic N) is 2. The average Bonchev–Trinajstić information content (AvgIpc) is 1.88. The van der Waals surface area contributed by atoms with Crippen LogP contribution >= 0.6 is 0 Å². The minimum absolute atomic E-state index is 0.0559. The van der Waals surface area contributed by atoms with Gasteiger partial charge in [-0.1, -0.05) is 0 Å². The first kappa shape index (κ1) is 6.29. The third-order valence-electron chi connectivity index (χ3n) is 0.985. The highest BCUT2D eigenvalue weighted by atomic mass is 16.3. The second kappa shape index (κ2) is 2.19. The highest BCUT2D eigenvalue weighted by molar-refractivity contribution is 5.51. The zero-order valence-electron chi connectivity index (χ0n) is 4.90. The average molecular weight is 138 g/mol. The molecule has 0 saturated carbocycles. The first-order valence-electron chi connectivity index (χ1n) is 2.51. The summed E-state index contributed by atoms with van der Waals surface area (Å²) < 4.78 is 0. The lowest BCUT2D eigenvalue weighted by atomic mass is 10.4. The van der Waals surface area contributed by atoms with E-state index in [1.807, 2.05) is 4.98 Å². The van der Waals surface area contributed by atoms with Crippen molar-refractivity contribution in [2.45, 2.75) is 0 Å². The molecule has 10 heavy (non-hydrogen) atoms. The summed E-state index contributed by atoms with van der Waals surface area (Å²) in [4.78, 5) is 15.1. The predicted octanol–water partition coefficient (Wildman–Crippen LogP) is 0.565. The molecule has 0 aliphatic rings. The van der Waals surface area contributed by atoms with Crippen LogP contribution in [0, 0.1) is 5.39 Å². The van der Waals surface area contributed by atoms with E-state index in [2.05, 4.69) is 4.98 Å². The Morgan fingerprint density at radius 3 is 2.80 bits per heavy atom. The van der Waals surface area contributed by atoms with Crippen molar-refractivity contribution in [1.82, 2.24) is 4.98 Å². The molecule has 5 heteroatoms. The van der Waals surface area contributed by atoms with Crippen LogP contribution in [0.3, 0.4) is 0 Å². The van der Waals surface area contributed by atoms with Gasteiger partial charge in [0.05, 0.1) is 0 Å². The predicted molar refractivity (Wildman–Crippen MR) is 33.5 cm³/mol. The van der Waals surface area contributed by atoms with Crippen molar-refractivity contribution in [1.29, 1.82) is 5.39 Å². The van der Waals surface area contributed by atoms with Gasteiger partial charge in [-0.15, -0.1) is 0 Å². The Bertz CT molecular complexity index is 335. The van der Waals surface area contributed by atoms with Crippen LogP contribution in [0.1, 0.15) is 0 Å². The van der Waals surface area contributed by atoms with E-state index in [0.717, 1.165) is 6.07 Å². The molecule has 2 N–H and O–H groups in total. The lowest BCUT2D eigenvalue weighted by Gasteiger charge is -1.81. The van der Waals surface area contributed by atoms with E-state index in [4.69, 9.17) is 10.5 Å². The van der Waals surface area contributed by atoms with Crippen LogP contribution < -0.4 is 5.56 Å². The van der Waals surface area contributed by atoms with Crippen LogP contribution in [-0.4, -0.2) is 10.1 Å². The second-order valence-electron chi connectivity index (χ2n) is 1.66. The quantitative estimate of drug-likeness (QED) is 0.514. The van der Waals surface area contributed by atoms with Gasteiger partial charge in [-0.3, -0.25) is 9.78 Å². The number of aromatic amines is 1. The molecule has 1 aromatic heterocycles. The Labute approximate surface area is 55.6 Å². The molecule has 5 nitrogen and oxygen atoms in total. The molecule has 0 aromatic carbocycles. The van der Waals surface area contributed by atoms with E-state index in [1.165, 1.54) is 6.07 Å². The number of hydrogen-bond donors (Lipinski definition) is 2. The van der Waals surface area contributed by atoms with Crippen molar-refractivity contribution in [2.75, 3.05) is 0 Å². The monoisotopic (exact) mass is 138 g/mol. The maximum Gasteiger partial charge on any atom is 0.444 e. The van der Waals surface area contributed by atoms with Crippen LogP contribution in [0.4, 0.5) is 5.69 Å². The Balaban J connectivity index is 3.37. The van der Waals surface area contributed by atoms with Gasteiger partial charge in [-0.05, 0) is 0 Å². The van der Waals surface area contributed by atoms with Crippen molar-refractivity contribution < 1.29 is 5.11 Å². The standard InChI is InChI=1S/C5H3N3O2/c6-8-3-1-2-4(9)7-5(3)10/h1-2H,(H-,7,9,10)/p+1. The van der Waals surface area contributed by atoms with E-state index in [0.29, 0.717) is 0 Å². The third-order valence-corrected chi connectivity index (χ3v) is 0.985. The Kier molecular flexibility index (Phi) is 1.38. The van der Waals surface area contributed by atoms with Crippen LogP contribution in [0.2, 0.25) is 0 Å². The molecule has 1 aromatic rings. The van der Waals surface area contributed by atoms with E-state index < -0.39 is 11.4 Å². The molecule has 0 aliphatic carbocycles. The molecule has 0 spiro atoms. The van der Waals surface area contributed by atoms with E-state index in [1.54, 1.807) is 0 Å². The second-order valence-corrected chi connectivity index (χ2v) is 1.66. The number of H-pyrrole nitrogens is 1. The van der Waals surface area contributed by atoms with Gasteiger partial charge in [0.2, 0.25) is 5.39 Å². The molecule has 0 atom stereocenters. The number of hydrogen-bond acceptors (Lipinski definition) is 3. The van der Waals surface area contributed by atoms with Crippen molar-refractivity contribution in [2.24, 2.45) is 0 Å². The summed E-state index contributed by atoms with van der Waals surface area (Å²) >= 11 is 0. The molecular weight excluding hydrogens is 134 g/mol. The molecule has 0 saturated heterocycles. The zero-order chi connectivity index (χ0) is 7.56. The minimum atomic E-state index is -0.440. The van der Waals surface area contributed by atoms with Gasteiger partial charge in [0.25, 0.3) is 11.4 Å². The summed E-state index contributed by atoms with van der Waals surface area (Å²) in [5.74, 6) is -0.435. The first-order chi connectivity index (χ1) is 4.74. The fraction of sp³-hybridized carbons (Fsp3) is 0. The molecule has 0 radical (unpaired) electrons. The maximum atomic E-state index is 10.4. The van der Waals surface area contributed by atoms with Gasteiger partial charge >= 0.3 is 5.69 Å². The van der Waals surface area contributed by atoms with Gasteiger partial charge in [-0.2, -0.15) is 0 Å². The van der Waals surface area contributed by atoms with Crippen molar-refractivity contribution in [3.63, 3.8) is 0 Å². The Morgan fingerprint density at radius 2 is 2.30 bits per heavy atom. The summed E-state index contributed by atoms with van der Waals surface area (Å²) in [5, 5.41) is 16.9. The topological polar surface area (TPSA) is 81.2 Å². The molecule has 0 aliphatic heterocycles. The summed E-state index contributed by atoms with van der Waals surface area (Å²) in [6.45, 7) is 0. The Morgan fingerprint density at radius 1 is 1.60 bits per heavy atom. The Hall–Kier alpha value is -1.83. The lowest BCUT2D eigenvalue weighted by molar-refractivity contribution is 0.455. The van der Waals surface area contributed by atoms with Crippen LogP contribution in [0.25, 0.3) is 4.98 Å². The summed E-state index contributed by atoms with van der Waals surface area (Å²) in [6, 6.07) is 2.35. The number of aromatic hydroxyl groups is 1. The highest BCUT2D eigenvalue weighted by Crippen LogP contribution is 2.19. The number of diazo groups is 1. The van der Waals surface area contributed by atoms with Crippen LogP contribution in [-0.2, 0) is 0 Å².